The minimum atomic E-state index is 0.538. The molecule has 3 aromatic carbocycles. The Kier molecular flexibility index (Phi) is 5.85. The first-order valence-electron chi connectivity index (χ1n) is 8.07. The molecule has 0 atom stereocenters. The van der Waals surface area contributed by atoms with Crippen LogP contribution >= 0.6 is 23.2 Å². The van der Waals surface area contributed by atoms with Gasteiger partial charge in [-0.25, -0.2) is 0 Å². The maximum Gasteiger partial charge on any atom is 0.124 e. The van der Waals surface area contributed by atoms with Gasteiger partial charge in [-0.3, -0.25) is 0 Å². The van der Waals surface area contributed by atoms with Crippen LogP contribution in [0.25, 0.3) is 0 Å². The third kappa shape index (κ3) is 4.91. The largest absolute Gasteiger partial charge is 0.489 e. The quantitative estimate of drug-likeness (QED) is 0.534. The molecule has 0 saturated carbocycles. The number of rotatable bonds is 6. The molecule has 0 aromatic heterocycles. The molecule has 2 nitrogen and oxygen atoms in total. The lowest BCUT2D eigenvalue weighted by Gasteiger charge is -2.14. The topological polar surface area (TPSA) is 21.3 Å². The molecule has 0 aliphatic carbocycles. The third-order valence-electron chi connectivity index (χ3n) is 3.85. The summed E-state index contributed by atoms with van der Waals surface area (Å²) >= 11 is 12.2. The molecule has 0 radical (unpaired) electrons. The van der Waals surface area contributed by atoms with Gasteiger partial charge in [0.15, 0.2) is 0 Å². The van der Waals surface area contributed by atoms with E-state index in [1.165, 1.54) is 5.56 Å². The summed E-state index contributed by atoms with van der Waals surface area (Å²) in [5.41, 5.74) is 4.25. The molecule has 3 aromatic rings. The predicted octanol–water partition coefficient (Wildman–Crippen LogP) is 6.49. The van der Waals surface area contributed by atoms with Gasteiger partial charge >= 0.3 is 0 Å². The van der Waals surface area contributed by atoms with Gasteiger partial charge in [0.1, 0.15) is 12.4 Å². The zero-order valence-corrected chi connectivity index (χ0v) is 15.4. The van der Waals surface area contributed by atoms with Gasteiger partial charge in [0.25, 0.3) is 0 Å². The van der Waals surface area contributed by atoms with Gasteiger partial charge in [0.05, 0.1) is 10.7 Å². The minimum absolute atomic E-state index is 0.538. The Hall–Kier alpha value is -2.16. The molecule has 1 N–H and O–H groups in total. The van der Waals surface area contributed by atoms with E-state index in [0.29, 0.717) is 23.2 Å². The summed E-state index contributed by atoms with van der Waals surface area (Å²) in [7, 11) is 0. The Balaban J connectivity index is 1.69. The van der Waals surface area contributed by atoms with E-state index in [-0.39, 0.29) is 0 Å². The molecule has 0 bridgehead atoms. The minimum Gasteiger partial charge on any atom is -0.489 e. The van der Waals surface area contributed by atoms with Gasteiger partial charge in [-0.1, -0.05) is 71.2 Å². The molecule has 0 unspecified atom stereocenters. The smallest absolute Gasteiger partial charge is 0.124 e. The number of hydrogen-bond acceptors (Lipinski definition) is 2. The highest BCUT2D eigenvalue weighted by atomic mass is 35.5. The molecule has 0 aliphatic heterocycles. The molecule has 0 heterocycles. The van der Waals surface area contributed by atoms with E-state index in [2.05, 4.69) is 30.4 Å². The van der Waals surface area contributed by atoms with Crippen molar-refractivity contribution in [3.8, 4) is 5.75 Å². The van der Waals surface area contributed by atoms with Crippen molar-refractivity contribution in [2.45, 2.75) is 20.1 Å². The Morgan fingerprint density at radius 1 is 0.920 bits per heavy atom. The second-order valence-corrected chi connectivity index (χ2v) is 6.71. The van der Waals surface area contributed by atoms with Crippen LogP contribution in [0.4, 0.5) is 5.69 Å². The van der Waals surface area contributed by atoms with Gasteiger partial charge in [0, 0.05) is 17.1 Å². The van der Waals surface area contributed by atoms with Crippen molar-refractivity contribution in [2.75, 3.05) is 5.32 Å². The van der Waals surface area contributed by atoms with Crippen LogP contribution in [0.15, 0.2) is 66.7 Å². The van der Waals surface area contributed by atoms with Crippen molar-refractivity contribution < 1.29 is 4.74 Å². The average Bonchev–Trinajstić information content (AvgIpc) is 2.61. The highest BCUT2D eigenvalue weighted by Gasteiger charge is 2.06. The van der Waals surface area contributed by atoms with Crippen LogP contribution in [-0.2, 0) is 13.2 Å². The second kappa shape index (κ2) is 8.28. The maximum atomic E-state index is 6.21. The highest BCUT2D eigenvalue weighted by Crippen LogP contribution is 2.27. The third-order valence-corrected chi connectivity index (χ3v) is 4.41. The van der Waals surface area contributed by atoms with E-state index < -0.39 is 0 Å². The first kappa shape index (κ1) is 17.7. The Morgan fingerprint density at radius 3 is 2.60 bits per heavy atom. The van der Waals surface area contributed by atoms with E-state index in [9.17, 15) is 0 Å². The van der Waals surface area contributed by atoms with Gasteiger partial charge in [-0.2, -0.15) is 0 Å². The lowest BCUT2D eigenvalue weighted by Crippen LogP contribution is -2.04. The number of ether oxygens (including phenoxy) is 1. The van der Waals surface area contributed by atoms with Crippen LogP contribution in [-0.4, -0.2) is 0 Å². The first-order chi connectivity index (χ1) is 12.1. The Labute approximate surface area is 158 Å². The molecule has 0 spiro atoms. The molecule has 0 amide bonds. The molecule has 4 heteroatoms. The fourth-order valence-corrected chi connectivity index (χ4v) is 2.93. The van der Waals surface area contributed by atoms with Gasteiger partial charge in [-0.15, -0.1) is 0 Å². The highest BCUT2D eigenvalue weighted by molar-refractivity contribution is 6.35. The predicted molar refractivity (Wildman–Crippen MR) is 106 cm³/mol. The second-order valence-electron chi connectivity index (χ2n) is 5.86. The monoisotopic (exact) mass is 371 g/mol. The summed E-state index contributed by atoms with van der Waals surface area (Å²) in [6.45, 7) is 3.22. The molecular weight excluding hydrogens is 353 g/mol. The van der Waals surface area contributed by atoms with E-state index in [0.717, 1.165) is 22.6 Å². The van der Waals surface area contributed by atoms with Gasteiger partial charge < -0.3 is 10.1 Å². The SMILES string of the molecule is Cc1cccc(COc2ccccc2CNc2cc(Cl)ccc2Cl)c1. The number of halogens is 2. The van der Waals surface area contributed by atoms with Gasteiger partial charge in [0.2, 0.25) is 0 Å². The lowest BCUT2D eigenvalue weighted by molar-refractivity contribution is 0.303. The van der Waals surface area contributed by atoms with E-state index >= 15 is 0 Å². The number of benzene rings is 3. The fraction of sp³-hybridized carbons (Fsp3) is 0.143. The first-order valence-corrected chi connectivity index (χ1v) is 8.82. The van der Waals surface area contributed by atoms with Crippen molar-refractivity contribution in [1.82, 2.24) is 0 Å². The summed E-state index contributed by atoms with van der Waals surface area (Å²) in [5.74, 6) is 0.856. The van der Waals surface area contributed by atoms with Crippen molar-refractivity contribution in [3.63, 3.8) is 0 Å². The van der Waals surface area contributed by atoms with Gasteiger partial charge in [-0.05, 0) is 36.8 Å². The number of para-hydroxylation sites is 1. The number of hydrogen-bond donors (Lipinski definition) is 1. The zero-order valence-electron chi connectivity index (χ0n) is 13.9. The van der Waals surface area contributed by atoms with Crippen LogP contribution in [0.1, 0.15) is 16.7 Å². The molecule has 0 fully saturated rings. The van der Waals surface area contributed by atoms with Crippen molar-refractivity contribution in [3.05, 3.63) is 93.5 Å². The van der Waals surface area contributed by atoms with Crippen molar-refractivity contribution in [2.24, 2.45) is 0 Å². The van der Waals surface area contributed by atoms with Crippen LogP contribution < -0.4 is 10.1 Å². The van der Waals surface area contributed by atoms with Crippen LogP contribution in [0.2, 0.25) is 10.0 Å². The molecule has 128 valence electrons. The van der Waals surface area contributed by atoms with E-state index in [1.54, 1.807) is 12.1 Å². The summed E-state index contributed by atoms with van der Waals surface area (Å²) in [4.78, 5) is 0. The summed E-state index contributed by atoms with van der Waals surface area (Å²) in [6, 6.07) is 21.7. The van der Waals surface area contributed by atoms with Crippen LogP contribution in [0.3, 0.4) is 0 Å². The molecule has 25 heavy (non-hydrogen) atoms. The van der Waals surface area contributed by atoms with E-state index in [4.69, 9.17) is 27.9 Å². The number of nitrogens with one attached hydrogen (secondary N) is 1. The van der Waals surface area contributed by atoms with Crippen LogP contribution in [0.5, 0.6) is 5.75 Å². The van der Waals surface area contributed by atoms with Crippen molar-refractivity contribution in [1.29, 1.82) is 0 Å². The maximum absolute atomic E-state index is 6.21. The lowest BCUT2D eigenvalue weighted by atomic mass is 10.1. The standard InChI is InChI=1S/C21H19Cl2NO/c1-15-5-4-6-16(11-15)14-25-21-8-3-2-7-17(21)13-24-20-12-18(22)9-10-19(20)23/h2-12,24H,13-14H2,1H3. The summed E-state index contributed by atoms with van der Waals surface area (Å²) < 4.78 is 6.02. The summed E-state index contributed by atoms with van der Waals surface area (Å²) in [6.07, 6.45) is 0. The number of aryl methyl sites for hydroxylation is 1. The number of anilines is 1. The summed E-state index contributed by atoms with van der Waals surface area (Å²) in [5, 5.41) is 4.61. The zero-order chi connectivity index (χ0) is 17.6. The Morgan fingerprint density at radius 2 is 1.76 bits per heavy atom. The molecule has 3 rings (SSSR count). The van der Waals surface area contributed by atoms with Crippen LogP contribution in [0, 0.1) is 6.92 Å². The van der Waals surface area contributed by atoms with Crippen molar-refractivity contribution >= 4 is 28.9 Å². The average molecular weight is 372 g/mol. The fourth-order valence-electron chi connectivity index (χ4n) is 2.58. The molecule has 0 saturated heterocycles. The van der Waals surface area contributed by atoms with E-state index in [1.807, 2.05) is 36.4 Å². The Bertz CT molecular complexity index is 864. The molecule has 0 aliphatic rings. The molecular formula is C21H19Cl2NO. The normalized spacial score (nSPS) is 10.5.